The summed E-state index contributed by atoms with van der Waals surface area (Å²) in [6.07, 6.45) is 10.0. The van der Waals surface area contributed by atoms with Crippen molar-refractivity contribution in [1.82, 2.24) is 19.6 Å². The zero-order valence-corrected chi connectivity index (χ0v) is 41.3. The number of rotatable bonds is 12. The van der Waals surface area contributed by atoms with E-state index < -0.39 is 43.1 Å². The number of nitrogens with zero attached hydrogens (tertiary/aromatic N) is 4. The zero-order valence-electron chi connectivity index (χ0n) is 40.5. The molecular weight excluding hydrogens is 929 g/mol. The molecule has 1 spiro atoms. The zero-order chi connectivity index (χ0) is 49.8. The van der Waals surface area contributed by atoms with Crippen LogP contribution in [0.4, 0.5) is 27.7 Å². The summed E-state index contributed by atoms with van der Waals surface area (Å²) in [6, 6.07) is 20.0. The SMILES string of the molecule is COC(=O)Nc1nc2[nH]ccc2cc1Oc1cc(N2CCC3(CC2)CC(N2CCC[C@@H]2c2ccccc2C(C)C)C3)ccc1C(=O)NS(=O)(=O)c1cc2c(c([N+](=O)[O-])c1)N[C@@H](C1CCC(C)(O)CC1)CO2. The molecule has 2 atom stereocenters. The Balaban J connectivity index is 0.894. The second kappa shape index (κ2) is 19.0. The minimum absolute atomic E-state index is 0.0175. The summed E-state index contributed by atoms with van der Waals surface area (Å²) in [5, 5.41) is 29.4. The molecule has 5 aliphatic rings. The number of aromatic nitrogens is 2. The normalized spacial score (nSPS) is 23.4. The molecule has 0 radical (unpaired) electrons. The van der Waals surface area contributed by atoms with Crippen LogP contribution < -0.4 is 29.7 Å². The topological polar surface area (TPSA) is 231 Å². The number of piperidine rings is 1. The minimum atomic E-state index is -4.76. The van der Waals surface area contributed by atoms with Crippen LogP contribution in [-0.4, -0.2) is 96.4 Å². The van der Waals surface area contributed by atoms with Crippen molar-refractivity contribution in [2.75, 3.05) is 48.9 Å². The number of amides is 2. The fourth-order valence-electron chi connectivity index (χ4n) is 11.8. The highest BCUT2D eigenvalue weighted by molar-refractivity contribution is 7.90. The Morgan fingerprint density at radius 1 is 0.986 bits per heavy atom. The maximum Gasteiger partial charge on any atom is 0.412 e. The van der Waals surface area contributed by atoms with Gasteiger partial charge in [0.2, 0.25) is 0 Å². The predicted octanol–water partition coefficient (Wildman–Crippen LogP) is 9.38. The second-order valence-electron chi connectivity index (χ2n) is 20.8. The van der Waals surface area contributed by atoms with Crippen molar-refractivity contribution < 1.29 is 42.2 Å². The van der Waals surface area contributed by atoms with Crippen LogP contribution in [0, 0.1) is 21.4 Å². The molecule has 4 fully saturated rings. The lowest BCUT2D eigenvalue weighted by molar-refractivity contribution is -0.384. The molecule has 3 aliphatic heterocycles. The van der Waals surface area contributed by atoms with E-state index in [0.717, 1.165) is 57.1 Å². The summed E-state index contributed by atoms with van der Waals surface area (Å²) in [6.45, 7) is 9.10. The van der Waals surface area contributed by atoms with E-state index in [-0.39, 0.29) is 58.3 Å². The number of nitrogens with one attached hydrogen (secondary N) is 4. The number of carbonyl (C=O) groups excluding carboxylic acids is 2. The molecule has 0 bridgehead atoms. The van der Waals surface area contributed by atoms with Gasteiger partial charge in [-0.15, -0.1) is 0 Å². The van der Waals surface area contributed by atoms with Gasteiger partial charge >= 0.3 is 6.09 Å². The van der Waals surface area contributed by atoms with Gasteiger partial charge in [-0.05, 0) is 130 Å². The number of ether oxygens (including phenoxy) is 3. The van der Waals surface area contributed by atoms with Gasteiger partial charge in [-0.1, -0.05) is 38.1 Å². The maximum absolute atomic E-state index is 14.3. The van der Waals surface area contributed by atoms with Crippen molar-refractivity contribution in [3.63, 3.8) is 0 Å². The summed E-state index contributed by atoms with van der Waals surface area (Å²) in [4.78, 5) is 50.6. The van der Waals surface area contributed by atoms with E-state index in [9.17, 15) is 33.2 Å². The van der Waals surface area contributed by atoms with Crippen LogP contribution in [0.1, 0.15) is 118 Å². The first kappa shape index (κ1) is 48.2. The van der Waals surface area contributed by atoms with Gasteiger partial charge in [0.1, 0.15) is 18.0 Å². The van der Waals surface area contributed by atoms with Gasteiger partial charge in [0.15, 0.2) is 23.0 Å². The van der Waals surface area contributed by atoms with E-state index in [1.54, 1.807) is 37.4 Å². The monoisotopic (exact) mass is 990 g/mol. The molecule has 18 nitrogen and oxygen atoms in total. The van der Waals surface area contributed by atoms with Crippen LogP contribution in [-0.2, 0) is 14.8 Å². The van der Waals surface area contributed by atoms with Crippen molar-refractivity contribution in [2.45, 2.75) is 120 Å². The number of aliphatic hydroxyl groups is 1. The third-order valence-corrected chi connectivity index (χ3v) is 17.1. The van der Waals surface area contributed by atoms with Gasteiger partial charge in [0.05, 0.1) is 34.1 Å². The highest BCUT2D eigenvalue weighted by atomic mass is 32.2. The summed E-state index contributed by atoms with van der Waals surface area (Å²) in [5.41, 5.74) is 2.93. The second-order valence-corrected chi connectivity index (χ2v) is 22.5. The molecule has 0 unspecified atom stereocenters. The summed E-state index contributed by atoms with van der Waals surface area (Å²) in [5.74, 6) is -0.542. The Kier molecular flexibility index (Phi) is 12.9. The van der Waals surface area contributed by atoms with Crippen molar-refractivity contribution in [1.29, 1.82) is 0 Å². The van der Waals surface area contributed by atoms with Crippen molar-refractivity contribution >= 4 is 55.9 Å². The highest BCUT2D eigenvalue weighted by Gasteiger charge is 2.50. The molecule has 2 amide bonds. The smallest absolute Gasteiger partial charge is 0.412 e. The van der Waals surface area contributed by atoms with Gasteiger partial charge in [-0.3, -0.25) is 25.1 Å². The number of nitro benzene ring substituents is 1. The van der Waals surface area contributed by atoms with Crippen molar-refractivity contribution in [3.8, 4) is 17.2 Å². The first-order chi connectivity index (χ1) is 34.0. The molecule has 71 heavy (non-hydrogen) atoms. The van der Waals surface area contributed by atoms with E-state index in [4.69, 9.17) is 14.2 Å². The maximum atomic E-state index is 14.3. The van der Waals surface area contributed by atoms with Crippen LogP contribution in [0.3, 0.4) is 0 Å². The standard InChI is InChI=1S/C52H62N8O10S/c1-31(2)37-8-5-6-9-38(37)41-10-7-21-59(41)35-28-52(29-35)18-22-58(23-19-52)34-11-12-39(43(25-34)70-45-24-33-15-20-53-47(33)55-48(45)56-50(62)68-4)49(61)57-71(66,67)36-26-42(60(64)65)46-44(27-36)69-30-40(54-46)32-13-16-51(3,63)17-14-32/h5-6,8-9,11-12,15,20,24-27,31-32,35,40-41,54,63H,7,10,13-14,16-19,21-23,28-30H2,1-4H3,(H,57,61)(H2,53,55,56,62)/t32?,40-,41-,51?/m1/s1. The average Bonchev–Trinajstić information content (AvgIpc) is 4.02. The molecule has 5 N–H and O–H groups in total. The number of nitro groups is 1. The van der Waals surface area contributed by atoms with E-state index >= 15 is 0 Å². The number of aromatic amines is 1. The molecule has 5 heterocycles. The number of likely N-dealkylation sites (tertiary alicyclic amines) is 1. The number of methoxy groups -OCH3 is 1. The van der Waals surface area contributed by atoms with E-state index in [0.29, 0.717) is 54.7 Å². The third kappa shape index (κ3) is 9.70. The number of hydrogen-bond donors (Lipinski definition) is 5. The lowest BCUT2D eigenvalue weighted by Crippen LogP contribution is -2.54. The largest absolute Gasteiger partial charge is 0.489 e. The molecular formula is C52H62N8O10S. The minimum Gasteiger partial charge on any atom is -0.489 e. The van der Waals surface area contributed by atoms with Crippen LogP contribution in [0.2, 0.25) is 0 Å². The Bertz CT molecular complexity index is 2970. The highest BCUT2D eigenvalue weighted by Crippen LogP contribution is 2.54. The Morgan fingerprint density at radius 2 is 1.75 bits per heavy atom. The van der Waals surface area contributed by atoms with Crippen molar-refractivity contribution in [2.24, 2.45) is 11.3 Å². The Hall–Kier alpha value is -6.44. The number of sulfonamides is 1. The molecule has 2 saturated heterocycles. The first-order valence-corrected chi connectivity index (χ1v) is 26.2. The number of benzene rings is 3. The first-order valence-electron chi connectivity index (χ1n) is 24.7. The molecule has 10 rings (SSSR count). The molecule has 5 aromatic rings. The molecule has 2 aliphatic carbocycles. The number of fused-ring (bicyclic) bond motifs is 2. The van der Waals surface area contributed by atoms with Crippen LogP contribution in [0.15, 0.2) is 77.8 Å². The number of carbonyl (C=O) groups is 2. The van der Waals surface area contributed by atoms with Gasteiger partial charge in [-0.25, -0.2) is 22.9 Å². The fourth-order valence-corrected chi connectivity index (χ4v) is 12.8. The van der Waals surface area contributed by atoms with Crippen molar-refractivity contribution in [3.05, 3.63) is 99.7 Å². The number of pyridine rings is 1. The van der Waals surface area contributed by atoms with Gasteiger partial charge < -0.3 is 34.5 Å². The summed E-state index contributed by atoms with van der Waals surface area (Å²) in [7, 11) is -3.55. The summed E-state index contributed by atoms with van der Waals surface area (Å²) >= 11 is 0. The number of hydrogen-bond acceptors (Lipinski definition) is 14. The van der Waals surface area contributed by atoms with Gasteiger partial charge in [0, 0.05) is 60.6 Å². The lowest BCUT2D eigenvalue weighted by Gasteiger charge is -2.56. The number of anilines is 3. The summed E-state index contributed by atoms with van der Waals surface area (Å²) < 4.78 is 47.7. The molecule has 2 aromatic heterocycles. The van der Waals surface area contributed by atoms with E-state index in [1.165, 1.54) is 43.2 Å². The predicted molar refractivity (Wildman–Crippen MR) is 268 cm³/mol. The van der Waals surface area contributed by atoms with Gasteiger partial charge in [-0.2, -0.15) is 0 Å². The van der Waals surface area contributed by atoms with Crippen LogP contribution >= 0.6 is 0 Å². The molecule has 2 saturated carbocycles. The average molecular weight is 991 g/mol. The van der Waals surface area contributed by atoms with Crippen LogP contribution in [0.25, 0.3) is 11.0 Å². The molecule has 3 aromatic carbocycles. The van der Waals surface area contributed by atoms with E-state index in [2.05, 4.69) is 73.2 Å². The van der Waals surface area contributed by atoms with E-state index in [1.807, 2.05) is 0 Å². The third-order valence-electron chi connectivity index (χ3n) is 15.8. The Labute approximate surface area is 413 Å². The molecule has 19 heteroatoms. The Morgan fingerprint density at radius 3 is 2.48 bits per heavy atom. The quantitative estimate of drug-likeness (QED) is 0.0579. The number of H-pyrrole nitrogens is 1. The molecule has 376 valence electrons. The van der Waals surface area contributed by atoms with Crippen LogP contribution in [0.5, 0.6) is 17.2 Å². The fraction of sp³-hybridized carbons (Fsp3) is 0.481. The lowest BCUT2D eigenvalue weighted by atomic mass is 9.59. The van der Waals surface area contributed by atoms with Gasteiger partial charge in [0.25, 0.3) is 21.6 Å².